The Morgan fingerprint density at radius 2 is 1.95 bits per heavy atom. The number of pyridine rings is 1. The van der Waals surface area contributed by atoms with E-state index in [-0.39, 0.29) is 6.04 Å². The summed E-state index contributed by atoms with van der Waals surface area (Å²) in [6.07, 6.45) is 2.60. The van der Waals surface area contributed by atoms with Gasteiger partial charge in [0.25, 0.3) is 0 Å². The van der Waals surface area contributed by atoms with Gasteiger partial charge in [-0.3, -0.25) is 4.98 Å². The summed E-state index contributed by atoms with van der Waals surface area (Å²) in [7, 11) is 0. The van der Waals surface area contributed by atoms with Gasteiger partial charge in [0.05, 0.1) is 10.5 Å². The summed E-state index contributed by atoms with van der Waals surface area (Å²) in [5, 5.41) is 1.91. The number of nitrogens with zero attached hydrogens (tertiary/aromatic N) is 1. The molecule has 4 heteroatoms. The fourth-order valence-electron chi connectivity index (χ4n) is 2.43. The number of nitrogens with two attached hydrogens (primary N) is 1. The molecule has 3 aromatic rings. The molecule has 0 bridgehead atoms. The fraction of sp³-hybridized carbons (Fsp3) is 0.118. The third-order valence-electron chi connectivity index (χ3n) is 3.55. The van der Waals surface area contributed by atoms with Gasteiger partial charge < -0.3 is 5.73 Å². The van der Waals surface area contributed by atoms with Crippen LogP contribution in [0.3, 0.4) is 0 Å². The molecule has 0 aliphatic rings. The van der Waals surface area contributed by atoms with Crippen molar-refractivity contribution in [2.75, 3.05) is 0 Å². The number of hydrogen-bond acceptors (Lipinski definition) is 2. The zero-order chi connectivity index (χ0) is 14.8. The van der Waals surface area contributed by atoms with Gasteiger partial charge in [0.15, 0.2) is 0 Å². The SMILES string of the molecule is NC(Cc1ccnc2ccccc12)c1ccc(I)c(Cl)c1. The monoisotopic (exact) mass is 408 g/mol. The molecule has 0 saturated carbocycles. The second-order valence-corrected chi connectivity index (χ2v) is 6.54. The summed E-state index contributed by atoms with van der Waals surface area (Å²) in [4.78, 5) is 4.38. The van der Waals surface area contributed by atoms with Gasteiger partial charge in [-0.1, -0.05) is 35.9 Å². The Hall–Kier alpha value is -1.17. The van der Waals surface area contributed by atoms with Crippen molar-refractivity contribution in [3.63, 3.8) is 0 Å². The van der Waals surface area contributed by atoms with E-state index in [1.807, 2.05) is 48.7 Å². The smallest absolute Gasteiger partial charge is 0.0704 e. The minimum atomic E-state index is -0.0784. The van der Waals surface area contributed by atoms with Gasteiger partial charge in [-0.05, 0) is 64.4 Å². The summed E-state index contributed by atoms with van der Waals surface area (Å²) in [5.74, 6) is 0. The van der Waals surface area contributed by atoms with Crippen LogP contribution in [0.5, 0.6) is 0 Å². The second kappa shape index (κ2) is 6.30. The standard InChI is InChI=1S/C17H14ClIN2/c18-14-9-12(5-6-15(14)19)16(20)10-11-7-8-21-17-4-2-1-3-13(11)17/h1-9,16H,10,20H2. The lowest BCUT2D eigenvalue weighted by molar-refractivity contribution is 0.725. The maximum Gasteiger partial charge on any atom is 0.0704 e. The Balaban J connectivity index is 1.92. The molecule has 0 amide bonds. The van der Waals surface area contributed by atoms with Crippen molar-refractivity contribution in [1.82, 2.24) is 4.98 Å². The van der Waals surface area contributed by atoms with Gasteiger partial charge in [0.1, 0.15) is 0 Å². The minimum Gasteiger partial charge on any atom is -0.324 e. The van der Waals surface area contributed by atoms with Crippen molar-refractivity contribution in [3.05, 3.63) is 74.4 Å². The number of aromatic nitrogens is 1. The summed E-state index contributed by atoms with van der Waals surface area (Å²) < 4.78 is 1.04. The topological polar surface area (TPSA) is 38.9 Å². The summed E-state index contributed by atoms with van der Waals surface area (Å²) >= 11 is 8.40. The molecule has 2 N–H and O–H groups in total. The average molecular weight is 409 g/mol. The second-order valence-electron chi connectivity index (χ2n) is 4.97. The molecule has 0 radical (unpaired) electrons. The quantitative estimate of drug-likeness (QED) is 0.636. The van der Waals surface area contributed by atoms with E-state index >= 15 is 0 Å². The molecule has 0 saturated heterocycles. The van der Waals surface area contributed by atoms with E-state index in [4.69, 9.17) is 17.3 Å². The zero-order valence-corrected chi connectivity index (χ0v) is 14.2. The third kappa shape index (κ3) is 3.20. The molecule has 0 aliphatic heterocycles. The first-order chi connectivity index (χ1) is 10.1. The van der Waals surface area contributed by atoms with Crippen molar-refractivity contribution in [2.24, 2.45) is 5.73 Å². The van der Waals surface area contributed by atoms with Crippen LogP contribution in [-0.4, -0.2) is 4.98 Å². The third-order valence-corrected chi connectivity index (χ3v) is 5.12. The highest BCUT2D eigenvalue weighted by Crippen LogP contribution is 2.26. The predicted octanol–water partition coefficient (Wildman–Crippen LogP) is 4.74. The maximum absolute atomic E-state index is 6.36. The molecule has 2 aromatic carbocycles. The number of halogens is 2. The van der Waals surface area contributed by atoms with E-state index in [2.05, 4.69) is 33.6 Å². The number of benzene rings is 2. The van der Waals surface area contributed by atoms with Gasteiger partial charge in [-0.15, -0.1) is 0 Å². The zero-order valence-electron chi connectivity index (χ0n) is 11.3. The van der Waals surface area contributed by atoms with Crippen LogP contribution in [0.4, 0.5) is 0 Å². The first-order valence-electron chi connectivity index (χ1n) is 6.68. The van der Waals surface area contributed by atoms with E-state index in [1.54, 1.807) is 0 Å². The van der Waals surface area contributed by atoms with Crippen molar-refractivity contribution in [2.45, 2.75) is 12.5 Å². The van der Waals surface area contributed by atoms with Gasteiger partial charge in [-0.25, -0.2) is 0 Å². The van der Waals surface area contributed by atoms with Crippen LogP contribution in [0.15, 0.2) is 54.7 Å². The Labute approximate surface area is 142 Å². The molecule has 0 fully saturated rings. The molecule has 1 atom stereocenters. The molecule has 21 heavy (non-hydrogen) atoms. The highest BCUT2D eigenvalue weighted by atomic mass is 127. The first-order valence-corrected chi connectivity index (χ1v) is 8.14. The molecule has 0 aliphatic carbocycles. The van der Waals surface area contributed by atoms with Crippen molar-refractivity contribution < 1.29 is 0 Å². The van der Waals surface area contributed by atoms with Crippen LogP contribution in [0.1, 0.15) is 17.2 Å². The number of fused-ring (bicyclic) bond motifs is 1. The Kier molecular flexibility index (Phi) is 4.42. The minimum absolute atomic E-state index is 0.0784. The number of hydrogen-bond donors (Lipinski definition) is 1. The molecule has 3 rings (SSSR count). The highest BCUT2D eigenvalue weighted by molar-refractivity contribution is 14.1. The number of para-hydroxylation sites is 1. The predicted molar refractivity (Wildman–Crippen MR) is 96.5 cm³/mol. The molecule has 2 nitrogen and oxygen atoms in total. The van der Waals surface area contributed by atoms with Crippen molar-refractivity contribution in [3.8, 4) is 0 Å². The Morgan fingerprint density at radius 3 is 2.76 bits per heavy atom. The van der Waals surface area contributed by atoms with Crippen LogP contribution in [0.25, 0.3) is 10.9 Å². The van der Waals surface area contributed by atoms with E-state index in [0.29, 0.717) is 0 Å². The van der Waals surface area contributed by atoms with Crippen LogP contribution < -0.4 is 5.73 Å². The Bertz CT molecular complexity index is 783. The number of rotatable bonds is 3. The van der Waals surface area contributed by atoms with E-state index in [9.17, 15) is 0 Å². The van der Waals surface area contributed by atoms with E-state index in [1.165, 1.54) is 5.56 Å². The molecule has 0 spiro atoms. The summed E-state index contributed by atoms with van der Waals surface area (Å²) in [6.45, 7) is 0. The summed E-state index contributed by atoms with van der Waals surface area (Å²) in [5.41, 5.74) is 9.63. The van der Waals surface area contributed by atoms with Gasteiger partial charge in [0.2, 0.25) is 0 Å². The van der Waals surface area contributed by atoms with Gasteiger partial charge in [-0.2, -0.15) is 0 Å². The van der Waals surface area contributed by atoms with E-state index in [0.717, 1.165) is 31.5 Å². The Morgan fingerprint density at radius 1 is 1.14 bits per heavy atom. The van der Waals surface area contributed by atoms with Gasteiger partial charge in [0, 0.05) is 21.2 Å². The molecule has 1 unspecified atom stereocenters. The summed E-state index contributed by atoms with van der Waals surface area (Å²) in [6, 6.07) is 16.1. The van der Waals surface area contributed by atoms with E-state index < -0.39 is 0 Å². The normalized spacial score (nSPS) is 12.5. The first kappa shape index (κ1) is 14.8. The fourth-order valence-corrected chi connectivity index (χ4v) is 2.96. The van der Waals surface area contributed by atoms with Crippen molar-refractivity contribution in [1.29, 1.82) is 0 Å². The lowest BCUT2D eigenvalue weighted by Gasteiger charge is -2.14. The molecule has 1 aromatic heterocycles. The van der Waals surface area contributed by atoms with Crippen LogP contribution >= 0.6 is 34.2 Å². The highest BCUT2D eigenvalue weighted by Gasteiger charge is 2.11. The molecule has 1 heterocycles. The molecular weight excluding hydrogens is 395 g/mol. The van der Waals surface area contributed by atoms with Crippen LogP contribution in [-0.2, 0) is 6.42 Å². The molecule has 106 valence electrons. The van der Waals surface area contributed by atoms with Crippen molar-refractivity contribution >= 4 is 45.1 Å². The maximum atomic E-state index is 6.36. The van der Waals surface area contributed by atoms with Crippen LogP contribution in [0, 0.1) is 3.57 Å². The lowest BCUT2D eigenvalue weighted by atomic mass is 9.97. The average Bonchev–Trinajstić information content (AvgIpc) is 2.50. The van der Waals surface area contributed by atoms with Crippen LogP contribution in [0.2, 0.25) is 5.02 Å². The largest absolute Gasteiger partial charge is 0.324 e. The van der Waals surface area contributed by atoms with Gasteiger partial charge >= 0.3 is 0 Å². The molecular formula is C17H14ClIN2. The lowest BCUT2D eigenvalue weighted by Crippen LogP contribution is -2.13.